The minimum atomic E-state index is -0.253. The average molecular weight is 345 g/mol. The molecule has 8 heteroatoms. The van der Waals surface area contributed by atoms with Gasteiger partial charge in [-0.25, -0.2) is 14.5 Å². The molecule has 1 atom stereocenters. The monoisotopic (exact) mass is 345 g/mol. The molecule has 0 radical (unpaired) electrons. The summed E-state index contributed by atoms with van der Waals surface area (Å²) < 4.78 is 12.3. The molecule has 1 aliphatic heterocycles. The lowest BCUT2D eigenvalue weighted by Crippen LogP contribution is -2.43. The number of aryl methyl sites for hydroxylation is 2. The van der Waals surface area contributed by atoms with Gasteiger partial charge in [0.05, 0.1) is 26.8 Å². The summed E-state index contributed by atoms with van der Waals surface area (Å²) in [5, 5.41) is 10.3. The van der Waals surface area contributed by atoms with E-state index in [4.69, 9.17) is 9.47 Å². The number of carbonyl (C=O) groups excluding carboxylic acids is 1. The topological polar surface area (TPSA) is 90.3 Å². The largest absolute Gasteiger partial charge is 0.493 e. The van der Waals surface area contributed by atoms with E-state index in [-0.39, 0.29) is 12.1 Å². The van der Waals surface area contributed by atoms with Gasteiger partial charge in [0.2, 0.25) is 0 Å². The number of amides is 2. The van der Waals surface area contributed by atoms with Crippen molar-refractivity contribution in [3.63, 3.8) is 0 Å². The Morgan fingerprint density at radius 1 is 1.32 bits per heavy atom. The number of fused-ring (bicyclic) bond motifs is 1. The fourth-order valence-electron chi connectivity index (χ4n) is 2.89. The van der Waals surface area contributed by atoms with Crippen LogP contribution in [0.25, 0.3) is 0 Å². The normalized spacial score (nSPS) is 16.0. The molecule has 2 amide bonds. The molecule has 3 rings (SSSR count). The number of nitrogens with one attached hydrogen (secondary N) is 2. The Morgan fingerprint density at radius 3 is 2.84 bits per heavy atom. The van der Waals surface area contributed by atoms with Crippen molar-refractivity contribution in [2.45, 2.75) is 38.8 Å². The third-order valence-corrected chi connectivity index (χ3v) is 4.19. The number of nitrogens with zero attached hydrogens (tertiary/aromatic N) is 3. The first-order chi connectivity index (χ1) is 12.1. The zero-order chi connectivity index (χ0) is 17.8. The predicted octanol–water partition coefficient (Wildman–Crippen LogP) is 1.99. The number of rotatable bonds is 5. The summed E-state index contributed by atoms with van der Waals surface area (Å²) >= 11 is 0. The zero-order valence-electron chi connectivity index (χ0n) is 14.7. The van der Waals surface area contributed by atoms with Gasteiger partial charge in [-0.3, -0.25) is 0 Å². The van der Waals surface area contributed by atoms with Crippen molar-refractivity contribution >= 4 is 11.7 Å². The Hall–Kier alpha value is -2.77. The molecule has 134 valence electrons. The summed E-state index contributed by atoms with van der Waals surface area (Å²) in [6.45, 7) is 2.68. The predicted molar refractivity (Wildman–Crippen MR) is 93.2 cm³/mol. The molecule has 0 aliphatic carbocycles. The lowest BCUT2D eigenvalue weighted by Gasteiger charge is -2.23. The first kappa shape index (κ1) is 17.1. The van der Waals surface area contributed by atoms with Gasteiger partial charge in [0.25, 0.3) is 0 Å². The zero-order valence-corrected chi connectivity index (χ0v) is 14.7. The van der Waals surface area contributed by atoms with Crippen LogP contribution >= 0.6 is 0 Å². The van der Waals surface area contributed by atoms with E-state index < -0.39 is 0 Å². The number of methoxy groups -OCH3 is 2. The molecular weight excluding hydrogens is 322 g/mol. The van der Waals surface area contributed by atoms with Crippen LogP contribution in [-0.4, -0.2) is 41.1 Å². The average Bonchev–Trinajstić information content (AvgIpc) is 3.04. The van der Waals surface area contributed by atoms with Gasteiger partial charge in [-0.2, -0.15) is 5.10 Å². The van der Waals surface area contributed by atoms with Crippen molar-refractivity contribution in [2.75, 3.05) is 19.5 Å². The van der Waals surface area contributed by atoms with Crippen LogP contribution in [0.5, 0.6) is 11.5 Å². The molecule has 1 aromatic carbocycles. The van der Waals surface area contributed by atoms with Gasteiger partial charge < -0.3 is 20.1 Å². The molecule has 0 fully saturated rings. The molecule has 0 spiro atoms. The lowest BCUT2D eigenvalue weighted by atomic mass is 10.1. The molecule has 1 unspecified atom stereocenters. The fourth-order valence-corrected chi connectivity index (χ4v) is 2.89. The van der Waals surface area contributed by atoms with Crippen LogP contribution in [0.4, 0.5) is 10.5 Å². The van der Waals surface area contributed by atoms with Gasteiger partial charge >= 0.3 is 6.03 Å². The number of aromatic nitrogens is 3. The molecule has 1 aliphatic rings. The smallest absolute Gasteiger partial charge is 0.319 e. The van der Waals surface area contributed by atoms with E-state index >= 15 is 0 Å². The maximum atomic E-state index is 12.3. The van der Waals surface area contributed by atoms with E-state index in [0.717, 1.165) is 30.9 Å². The van der Waals surface area contributed by atoms with Gasteiger partial charge in [-0.1, -0.05) is 6.92 Å². The van der Waals surface area contributed by atoms with Gasteiger partial charge in [-0.05, 0) is 18.6 Å². The number of hydrogen-bond donors (Lipinski definition) is 2. The van der Waals surface area contributed by atoms with E-state index in [9.17, 15) is 4.79 Å². The highest BCUT2D eigenvalue weighted by molar-refractivity contribution is 5.89. The first-order valence-electron chi connectivity index (χ1n) is 8.35. The van der Waals surface area contributed by atoms with Crippen LogP contribution < -0.4 is 20.1 Å². The summed E-state index contributed by atoms with van der Waals surface area (Å²) in [4.78, 5) is 16.8. The van der Waals surface area contributed by atoms with Crippen LogP contribution in [0.1, 0.15) is 25.0 Å². The highest BCUT2D eigenvalue weighted by Gasteiger charge is 2.22. The number of ether oxygens (including phenoxy) is 2. The van der Waals surface area contributed by atoms with Gasteiger partial charge in [0.1, 0.15) is 5.82 Å². The number of hydrogen-bond acceptors (Lipinski definition) is 5. The first-order valence-corrected chi connectivity index (χ1v) is 8.35. The SMILES string of the molecule is CCc1nc2n(n1)CC(NC(=O)Nc1ccc(OC)c(OC)c1)CC2. The molecule has 0 saturated carbocycles. The third-order valence-electron chi connectivity index (χ3n) is 4.19. The summed E-state index contributed by atoms with van der Waals surface area (Å²) in [7, 11) is 3.13. The second-order valence-corrected chi connectivity index (χ2v) is 5.88. The summed E-state index contributed by atoms with van der Waals surface area (Å²) in [5.41, 5.74) is 0.640. The summed E-state index contributed by atoms with van der Waals surface area (Å²) in [6.07, 6.45) is 2.48. The van der Waals surface area contributed by atoms with E-state index in [0.29, 0.717) is 23.7 Å². The highest BCUT2D eigenvalue weighted by atomic mass is 16.5. The van der Waals surface area contributed by atoms with Crippen LogP contribution in [0.15, 0.2) is 18.2 Å². The molecule has 2 heterocycles. The van der Waals surface area contributed by atoms with Crippen molar-refractivity contribution in [1.82, 2.24) is 20.1 Å². The van der Waals surface area contributed by atoms with Crippen LogP contribution in [0.3, 0.4) is 0 Å². The fraction of sp³-hybridized carbons (Fsp3) is 0.471. The Kier molecular flexibility index (Phi) is 5.06. The highest BCUT2D eigenvalue weighted by Crippen LogP contribution is 2.29. The minimum absolute atomic E-state index is 0.0269. The maximum absolute atomic E-state index is 12.3. The quantitative estimate of drug-likeness (QED) is 0.865. The molecule has 2 aromatic rings. The molecule has 2 N–H and O–H groups in total. The van der Waals surface area contributed by atoms with Crippen molar-refractivity contribution < 1.29 is 14.3 Å². The number of benzene rings is 1. The summed E-state index contributed by atoms with van der Waals surface area (Å²) in [5.74, 6) is 3.03. The van der Waals surface area contributed by atoms with Crippen molar-refractivity contribution in [1.29, 1.82) is 0 Å². The van der Waals surface area contributed by atoms with Gasteiger partial charge in [0.15, 0.2) is 17.3 Å². The van der Waals surface area contributed by atoms with Crippen LogP contribution in [0, 0.1) is 0 Å². The molecular formula is C17H23N5O3. The van der Waals surface area contributed by atoms with E-state index in [1.165, 1.54) is 0 Å². The number of anilines is 1. The molecule has 25 heavy (non-hydrogen) atoms. The van der Waals surface area contributed by atoms with Gasteiger partial charge in [0, 0.05) is 24.6 Å². The van der Waals surface area contributed by atoms with Crippen molar-refractivity contribution in [3.8, 4) is 11.5 Å². The van der Waals surface area contributed by atoms with E-state index in [1.54, 1.807) is 32.4 Å². The standard InChI is InChI=1S/C17H23N5O3/c1-4-15-20-16-8-6-12(10-22(16)21-15)19-17(23)18-11-5-7-13(24-2)14(9-11)25-3/h5,7,9,12H,4,6,8,10H2,1-3H3,(H2,18,19,23). The summed E-state index contributed by atoms with van der Waals surface area (Å²) in [6, 6.07) is 5.02. The molecule has 0 bridgehead atoms. The van der Waals surface area contributed by atoms with Crippen LogP contribution in [-0.2, 0) is 19.4 Å². The Balaban J connectivity index is 1.59. The Morgan fingerprint density at radius 2 is 2.12 bits per heavy atom. The molecule has 1 aromatic heterocycles. The van der Waals surface area contributed by atoms with Crippen molar-refractivity contribution in [3.05, 3.63) is 29.8 Å². The van der Waals surface area contributed by atoms with Crippen molar-refractivity contribution in [2.24, 2.45) is 0 Å². The third kappa shape index (κ3) is 3.84. The number of urea groups is 1. The maximum Gasteiger partial charge on any atom is 0.319 e. The second-order valence-electron chi connectivity index (χ2n) is 5.88. The number of carbonyl (C=O) groups is 1. The Labute approximate surface area is 146 Å². The lowest BCUT2D eigenvalue weighted by molar-refractivity contribution is 0.243. The molecule has 0 saturated heterocycles. The van der Waals surface area contributed by atoms with E-state index in [2.05, 4.69) is 20.7 Å². The van der Waals surface area contributed by atoms with Crippen LogP contribution in [0.2, 0.25) is 0 Å². The molecule has 8 nitrogen and oxygen atoms in total. The van der Waals surface area contributed by atoms with Gasteiger partial charge in [-0.15, -0.1) is 0 Å². The van der Waals surface area contributed by atoms with E-state index in [1.807, 2.05) is 11.6 Å². The minimum Gasteiger partial charge on any atom is -0.493 e. The second kappa shape index (κ2) is 7.42. The Bertz CT molecular complexity index is 759.